The van der Waals surface area contributed by atoms with E-state index in [0.717, 1.165) is 23.4 Å². The Morgan fingerprint density at radius 3 is 3.05 bits per heavy atom. The largest absolute Gasteiger partial charge is 0.489 e. The Morgan fingerprint density at radius 1 is 1.33 bits per heavy atom. The van der Waals surface area contributed by atoms with E-state index in [4.69, 9.17) is 9.47 Å². The van der Waals surface area contributed by atoms with Crippen molar-refractivity contribution in [2.45, 2.75) is 6.42 Å². The summed E-state index contributed by atoms with van der Waals surface area (Å²) in [6.07, 6.45) is 4.19. The van der Waals surface area contributed by atoms with Crippen LogP contribution in [-0.2, 0) is 11.2 Å². The van der Waals surface area contributed by atoms with E-state index in [1.54, 1.807) is 19.5 Å². The van der Waals surface area contributed by atoms with Crippen molar-refractivity contribution in [3.8, 4) is 17.0 Å². The molecule has 0 radical (unpaired) electrons. The molecule has 3 heterocycles. The first-order chi connectivity index (χ1) is 10.3. The molecule has 0 spiro atoms. The quantitative estimate of drug-likeness (QED) is 0.815. The second kappa shape index (κ2) is 5.97. The van der Waals surface area contributed by atoms with Crippen LogP contribution >= 0.6 is 0 Å². The van der Waals surface area contributed by atoms with Gasteiger partial charge in [0.25, 0.3) is 5.91 Å². The van der Waals surface area contributed by atoms with Crippen molar-refractivity contribution in [1.29, 1.82) is 0 Å². The number of hydrogen-bond donors (Lipinski definition) is 2. The van der Waals surface area contributed by atoms with Crippen molar-refractivity contribution in [2.75, 3.05) is 26.9 Å². The molecule has 0 fully saturated rings. The normalized spacial score (nSPS) is 13.7. The molecule has 21 heavy (non-hydrogen) atoms. The first-order valence-corrected chi connectivity index (χ1v) is 6.86. The number of amides is 1. The van der Waals surface area contributed by atoms with Gasteiger partial charge in [-0.3, -0.25) is 9.78 Å². The number of fused-ring (bicyclic) bond motifs is 1. The second-order valence-electron chi connectivity index (χ2n) is 4.79. The number of aromatic amines is 1. The summed E-state index contributed by atoms with van der Waals surface area (Å²) in [5.41, 5.74) is 3.43. The van der Waals surface area contributed by atoms with Crippen LogP contribution in [0.5, 0.6) is 5.75 Å². The van der Waals surface area contributed by atoms with Gasteiger partial charge < -0.3 is 19.8 Å². The lowest BCUT2D eigenvalue weighted by Crippen LogP contribution is -2.31. The third-order valence-electron chi connectivity index (χ3n) is 3.42. The van der Waals surface area contributed by atoms with Crippen LogP contribution < -0.4 is 10.1 Å². The number of ether oxygens (including phenoxy) is 2. The smallest absolute Gasteiger partial charge is 0.253 e. The molecule has 2 aromatic heterocycles. The maximum Gasteiger partial charge on any atom is 0.253 e. The summed E-state index contributed by atoms with van der Waals surface area (Å²) in [6, 6.07) is 3.74. The Hall–Kier alpha value is -2.34. The van der Waals surface area contributed by atoms with E-state index in [-0.39, 0.29) is 5.91 Å². The monoisotopic (exact) mass is 287 g/mol. The number of pyridine rings is 1. The number of rotatable bonds is 5. The van der Waals surface area contributed by atoms with E-state index in [1.165, 1.54) is 0 Å². The number of hydrogen-bond acceptors (Lipinski definition) is 4. The molecule has 0 aromatic carbocycles. The lowest BCUT2D eigenvalue weighted by molar-refractivity contribution is 0.0946. The highest BCUT2D eigenvalue weighted by atomic mass is 16.5. The van der Waals surface area contributed by atoms with Crippen LogP contribution in [0.4, 0.5) is 0 Å². The van der Waals surface area contributed by atoms with Gasteiger partial charge in [0.05, 0.1) is 24.1 Å². The number of nitrogens with one attached hydrogen (secondary N) is 2. The van der Waals surface area contributed by atoms with Crippen LogP contribution in [0.15, 0.2) is 24.5 Å². The first-order valence-electron chi connectivity index (χ1n) is 6.86. The van der Waals surface area contributed by atoms with Gasteiger partial charge in [-0.05, 0) is 12.1 Å². The highest BCUT2D eigenvalue weighted by molar-refractivity contribution is 5.98. The van der Waals surface area contributed by atoms with Crippen molar-refractivity contribution in [2.24, 2.45) is 0 Å². The fourth-order valence-electron chi connectivity index (χ4n) is 2.39. The Kier molecular flexibility index (Phi) is 3.87. The molecule has 6 nitrogen and oxygen atoms in total. The fraction of sp³-hybridized carbons (Fsp3) is 0.333. The van der Waals surface area contributed by atoms with Gasteiger partial charge in [-0.2, -0.15) is 0 Å². The molecular weight excluding hydrogens is 270 g/mol. The van der Waals surface area contributed by atoms with Gasteiger partial charge >= 0.3 is 0 Å². The third-order valence-corrected chi connectivity index (χ3v) is 3.42. The molecule has 0 atom stereocenters. The minimum Gasteiger partial charge on any atom is -0.489 e. The van der Waals surface area contributed by atoms with E-state index < -0.39 is 0 Å². The van der Waals surface area contributed by atoms with Gasteiger partial charge in [-0.25, -0.2) is 0 Å². The summed E-state index contributed by atoms with van der Waals surface area (Å²) in [5, 5.41) is 2.84. The lowest BCUT2D eigenvalue weighted by Gasteiger charge is -2.11. The molecule has 2 aromatic rings. The molecular formula is C15H17N3O3. The van der Waals surface area contributed by atoms with Crippen LogP contribution in [-0.4, -0.2) is 42.7 Å². The number of H-pyrrole nitrogens is 1. The topological polar surface area (TPSA) is 76.2 Å². The Balaban J connectivity index is 1.91. The number of methoxy groups -OCH3 is 1. The molecule has 1 amide bonds. The van der Waals surface area contributed by atoms with Gasteiger partial charge in [-0.15, -0.1) is 0 Å². The SMILES string of the molecule is COCCOc1cnccc1-c1cc2c([nH]1)CCNC2=O. The highest BCUT2D eigenvalue weighted by Crippen LogP contribution is 2.30. The van der Waals surface area contributed by atoms with E-state index in [2.05, 4.69) is 15.3 Å². The fourth-order valence-corrected chi connectivity index (χ4v) is 2.39. The van der Waals surface area contributed by atoms with Gasteiger partial charge in [-0.1, -0.05) is 0 Å². The Bertz CT molecular complexity index is 651. The molecule has 6 heteroatoms. The molecule has 0 unspecified atom stereocenters. The number of nitrogens with zero attached hydrogens (tertiary/aromatic N) is 1. The minimum atomic E-state index is -0.0327. The van der Waals surface area contributed by atoms with Gasteiger partial charge in [0.1, 0.15) is 12.4 Å². The van der Waals surface area contributed by atoms with E-state index in [9.17, 15) is 4.79 Å². The molecule has 0 saturated heterocycles. The van der Waals surface area contributed by atoms with Crippen LogP contribution in [0, 0.1) is 0 Å². The van der Waals surface area contributed by atoms with Crippen molar-refractivity contribution in [3.63, 3.8) is 0 Å². The summed E-state index contributed by atoms with van der Waals surface area (Å²) in [5.74, 6) is 0.642. The standard InChI is InChI=1S/C15H17N3O3/c1-20-6-7-21-14-9-16-4-2-10(14)13-8-11-12(18-13)3-5-17-15(11)19/h2,4,8-9,18H,3,5-7H2,1H3,(H,17,19). The van der Waals surface area contributed by atoms with Crippen LogP contribution in [0.25, 0.3) is 11.3 Å². The molecule has 0 aliphatic carbocycles. The van der Waals surface area contributed by atoms with Crippen LogP contribution in [0.2, 0.25) is 0 Å². The molecule has 3 rings (SSSR count). The molecule has 0 saturated carbocycles. The van der Waals surface area contributed by atoms with Crippen molar-refractivity contribution >= 4 is 5.91 Å². The summed E-state index contributed by atoms with van der Waals surface area (Å²) >= 11 is 0. The summed E-state index contributed by atoms with van der Waals surface area (Å²) in [6.45, 7) is 1.63. The third kappa shape index (κ3) is 2.75. The maximum atomic E-state index is 11.8. The van der Waals surface area contributed by atoms with Crippen LogP contribution in [0.3, 0.4) is 0 Å². The summed E-state index contributed by atoms with van der Waals surface area (Å²) in [4.78, 5) is 19.2. The molecule has 110 valence electrons. The zero-order valence-corrected chi connectivity index (χ0v) is 11.8. The summed E-state index contributed by atoms with van der Waals surface area (Å²) < 4.78 is 10.7. The van der Waals surface area contributed by atoms with E-state index in [0.29, 0.717) is 31.1 Å². The minimum absolute atomic E-state index is 0.0327. The first kappa shape index (κ1) is 13.6. The predicted molar refractivity (Wildman–Crippen MR) is 77.4 cm³/mol. The van der Waals surface area contributed by atoms with E-state index in [1.807, 2.05) is 12.1 Å². The van der Waals surface area contributed by atoms with Gasteiger partial charge in [0, 0.05) is 37.5 Å². The predicted octanol–water partition coefficient (Wildman–Crippen LogP) is 1.39. The second-order valence-corrected chi connectivity index (χ2v) is 4.79. The molecule has 2 N–H and O–H groups in total. The Morgan fingerprint density at radius 2 is 2.24 bits per heavy atom. The van der Waals surface area contributed by atoms with Gasteiger partial charge in [0.15, 0.2) is 0 Å². The number of aromatic nitrogens is 2. The highest BCUT2D eigenvalue weighted by Gasteiger charge is 2.21. The van der Waals surface area contributed by atoms with Crippen molar-refractivity contribution in [1.82, 2.24) is 15.3 Å². The average molecular weight is 287 g/mol. The molecule has 0 bridgehead atoms. The maximum absolute atomic E-state index is 11.8. The van der Waals surface area contributed by atoms with Crippen LogP contribution in [0.1, 0.15) is 16.1 Å². The van der Waals surface area contributed by atoms with Gasteiger partial charge in [0.2, 0.25) is 0 Å². The van der Waals surface area contributed by atoms with E-state index >= 15 is 0 Å². The zero-order valence-electron chi connectivity index (χ0n) is 11.8. The lowest BCUT2D eigenvalue weighted by atomic mass is 10.1. The number of carbonyl (C=O) groups excluding carboxylic acids is 1. The summed E-state index contributed by atoms with van der Waals surface area (Å²) in [7, 11) is 1.63. The Labute approximate surface area is 122 Å². The zero-order chi connectivity index (χ0) is 14.7. The number of carbonyl (C=O) groups is 1. The molecule has 1 aliphatic heterocycles. The average Bonchev–Trinajstić information content (AvgIpc) is 2.93. The molecule has 1 aliphatic rings. The van der Waals surface area contributed by atoms with Crippen molar-refractivity contribution < 1.29 is 14.3 Å². The van der Waals surface area contributed by atoms with Crippen molar-refractivity contribution in [3.05, 3.63) is 35.8 Å².